The average Bonchev–Trinajstić information content (AvgIpc) is 2.63. The van der Waals surface area contributed by atoms with Crippen LogP contribution < -0.4 is 10.6 Å². The lowest BCUT2D eigenvalue weighted by molar-refractivity contribution is 0.167. The van der Waals surface area contributed by atoms with Gasteiger partial charge in [-0.3, -0.25) is 4.99 Å². The Kier molecular flexibility index (Phi) is 7.98. The molecule has 0 bridgehead atoms. The van der Waals surface area contributed by atoms with Crippen molar-refractivity contribution in [2.75, 3.05) is 40.8 Å². The van der Waals surface area contributed by atoms with Gasteiger partial charge < -0.3 is 20.4 Å². The topological polar surface area (TPSA) is 42.9 Å². The summed E-state index contributed by atoms with van der Waals surface area (Å²) < 4.78 is 28.4. The molecule has 0 radical (unpaired) electrons. The molecule has 2 N–H and O–H groups in total. The Labute approximate surface area is 161 Å². The van der Waals surface area contributed by atoms with Gasteiger partial charge in [0.2, 0.25) is 0 Å². The summed E-state index contributed by atoms with van der Waals surface area (Å²) in [6.07, 6.45) is 2.11. The molecule has 0 saturated carbocycles. The Hall–Kier alpha value is -1.73. The Morgan fingerprint density at radius 3 is 2.30 bits per heavy atom. The second-order valence-electron chi connectivity index (χ2n) is 7.62. The van der Waals surface area contributed by atoms with Crippen LogP contribution in [0.2, 0.25) is 0 Å². The first-order valence-corrected chi connectivity index (χ1v) is 9.65. The maximum absolute atomic E-state index is 14.2. The number of hydrogen-bond acceptors (Lipinski definition) is 3. The molecular formula is C20H33F2N5. The molecule has 7 heteroatoms. The van der Waals surface area contributed by atoms with E-state index in [1.807, 2.05) is 19.0 Å². The van der Waals surface area contributed by atoms with E-state index in [2.05, 4.69) is 34.4 Å². The van der Waals surface area contributed by atoms with Crippen molar-refractivity contribution in [3.05, 3.63) is 35.4 Å². The van der Waals surface area contributed by atoms with E-state index in [0.29, 0.717) is 24.6 Å². The van der Waals surface area contributed by atoms with E-state index < -0.39 is 17.7 Å². The number of likely N-dealkylation sites (N-methyl/N-ethyl adjacent to an activating group) is 1. The van der Waals surface area contributed by atoms with Crippen molar-refractivity contribution < 1.29 is 8.78 Å². The molecule has 0 spiro atoms. The van der Waals surface area contributed by atoms with Crippen LogP contribution in [0.15, 0.2) is 23.2 Å². The first kappa shape index (κ1) is 21.6. The molecule has 2 rings (SSSR count). The fourth-order valence-electron chi connectivity index (χ4n) is 3.51. The molecule has 1 heterocycles. The summed E-state index contributed by atoms with van der Waals surface area (Å²) in [6.45, 7) is 6.92. The molecule has 27 heavy (non-hydrogen) atoms. The van der Waals surface area contributed by atoms with Crippen molar-refractivity contribution in [1.82, 2.24) is 20.4 Å². The van der Waals surface area contributed by atoms with Gasteiger partial charge in [0, 0.05) is 44.3 Å². The average molecular weight is 382 g/mol. The molecule has 1 fully saturated rings. The number of aliphatic imine (C=N–C) groups is 1. The summed E-state index contributed by atoms with van der Waals surface area (Å²) in [7, 11) is 5.35. The summed E-state index contributed by atoms with van der Waals surface area (Å²) in [5, 5.41) is 6.68. The lowest BCUT2D eigenvalue weighted by atomic mass is 10.0. The minimum atomic E-state index is -0.528. The van der Waals surface area contributed by atoms with Gasteiger partial charge in [0.1, 0.15) is 11.6 Å². The summed E-state index contributed by atoms with van der Waals surface area (Å²) in [5.41, 5.74) is 0.0793. The number of guanidine groups is 1. The largest absolute Gasteiger partial charge is 0.354 e. The summed E-state index contributed by atoms with van der Waals surface area (Å²) in [6, 6.07) is 4.47. The number of nitrogens with zero attached hydrogens (tertiary/aromatic N) is 3. The van der Waals surface area contributed by atoms with Gasteiger partial charge in [0.05, 0.1) is 6.04 Å². The van der Waals surface area contributed by atoms with Gasteiger partial charge in [-0.1, -0.05) is 6.07 Å². The van der Waals surface area contributed by atoms with Crippen LogP contribution in [0.25, 0.3) is 0 Å². The van der Waals surface area contributed by atoms with Crippen molar-refractivity contribution in [2.24, 2.45) is 4.99 Å². The molecule has 1 aliphatic heterocycles. The Morgan fingerprint density at radius 1 is 1.22 bits per heavy atom. The van der Waals surface area contributed by atoms with E-state index in [0.717, 1.165) is 25.9 Å². The highest BCUT2D eigenvalue weighted by atomic mass is 19.1. The molecular weight excluding hydrogens is 348 g/mol. The second kappa shape index (κ2) is 9.99. The first-order chi connectivity index (χ1) is 12.8. The standard InChI is InChI=1S/C20H33F2N5/c1-14(2)27-11-9-15(10-12-27)25-20(23-3)24-13-18(26(4)5)19-16(21)7-6-8-17(19)22/h6-8,14-15,18H,9-13H2,1-5H3,(H2,23,24,25). The van der Waals surface area contributed by atoms with Crippen LogP contribution in [0.1, 0.15) is 38.3 Å². The molecule has 1 aromatic rings. The summed E-state index contributed by atoms with van der Waals surface area (Å²) in [5.74, 6) is -0.388. The van der Waals surface area contributed by atoms with E-state index in [1.54, 1.807) is 7.05 Å². The van der Waals surface area contributed by atoms with Crippen LogP contribution in [0.3, 0.4) is 0 Å². The number of halogens is 2. The zero-order chi connectivity index (χ0) is 20.0. The molecule has 0 aliphatic carbocycles. The fraction of sp³-hybridized carbons (Fsp3) is 0.650. The van der Waals surface area contributed by atoms with Crippen LogP contribution in [0.4, 0.5) is 8.78 Å². The van der Waals surface area contributed by atoms with Crippen molar-refractivity contribution in [1.29, 1.82) is 0 Å². The second-order valence-corrected chi connectivity index (χ2v) is 7.62. The predicted molar refractivity (Wildman–Crippen MR) is 107 cm³/mol. The van der Waals surface area contributed by atoms with Gasteiger partial charge in [-0.2, -0.15) is 0 Å². The molecule has 1 saturated heterocycles. The van der Waals surface area contributed by atoms with Gasteiger partial charge in [-0.25, -0.2) is 8.78 Å². The van der Waals surface area contributed by atoms with Crippen LogP contribution >= 0.6 is 0 Å². The van der Waals surface area contributed by atoms with Crippen molar-refractivity contribution in [3.63, 3.8) is 0 Å². The quantitative estimate of drug-likeness (QED) is 0.587. The van der Waals surface area contributed by atoms with E-state index in [-0.39, 0.29) is 5.56 Å². The third-order valence-electron chi connectivity index (χ3n) is 5.24. The Bertz CT molecular complexity index is 605. The molecule has 0 amide bonds. The highest BCUT2D eigenvalue weighted by molar-refractivity contribution is 5.80. The highest BCUT2D eigenvalue weighted by Gasteiger charge is 2.24. The van der Waals surface area contributed by atoms with Crippen LogP contribution in [0.5, 0.6) is 0 Å². The minimum Gasteiger partial charge on any atom is -0.354 e. The third-order valence-corrected chi connectivity index (χ3v) is 5.24. The van der Waals surface area contributed by atoms with E-state index in [1.165, 1.54) is 18.2 Å². The number of benzene rings is 1. The van der Waals surface area contributed by atoms with Crippen molar-refractivity contribution in [2.45, 2.75) is 44.8 Å². The van der Waals surface area contributed by atoms with Gasteiger partial charge in [-0.15, -0.1) is 0 Å². The lowest BCUT2D eigenvalue weighted by Crippen LogP contribution is -2.50. The molecule has 0 aromatic heterocycles. The maximum Gasteiger partial charge on any atom is 0.191 e. The summed E-state index contributed by atoms with van der Waals surface area (Å²) >= 11 is 0. The van der Waals surface area contributed by atoms with Gasteiger partial charge in [-0.05, 0) is 52.9 Å². The summed E-state index contributed by atoms with van der Waals surface area (Å²) in [4.78, 5) is 8.56. The molecule has 1 aromatic carbocycles. The number of likely N-dealkylation sites (tertiary alicyclic amines) is 1. The Morgan fingerprint density at radius 2 is 1.81 bits per heavy atom. The predicted octanol–water partition coefficient (Wildman–Crippen LogP) is 2.61. The number of rotatable bonds is 6. The molecule has 152 valence electrons. The monoisotopic (exact) mass is 381 g/mol. The molecule has 1 atom stereocenters. The van der Waals surface area contributed by atoms with Crippen molar-refractivity contribution >= 4 is 5.96 Å². The Balaban J connectivity index is 1.96. The zero-order valence-electron chi connectivity index (χ0n) is 17.1. The van der Waals surface area contributed by atoms with E-state index >= 15 is 0 Å². The zero-order valence-corrected chi connectivity index (χ0v) is 17.1. The van der Waals surface area contributed by atoms with Gasteiger partial charge >= 0.3 is 0 Å². The molecule has 1 unspecified atom stereocenters. The van der Waals surface area contributed by atoms with Crippen molar-refractivity contribution in [3.8, 4) is 0 Å². The highest BCUT2D eigenvalue weighted by Crippen LogP contribution is 2.24. The SMILES string of the molecule is CN=C(NCC(c1c(F)cccc1F)N(C)C)NC1CCN(C(C)C)CC1. The number of nitrogens with one attached hydrogen (secondary N) is 2. The van der Waals surface area contributed by atoms with Crippen LogP contribution in [-0.4, -0.2) is 68.6 Å². The molecule has 1 aliphatic rings. The third kappa shape index (κ3) is 5.87. The van der Waals surface area contributed by atoms with E-state index in [4.69, 9.17) is 0 Å². The normalized spacial score (nSPS) is 18.2. The lowest BCUT2D eigenvalue weighted by Gasteiger charge is -2.35. The van der Waals surface area contributed by atoms with Gasteiger partial charge in [0.25, 0.3) is 0 Å². The number of hydrogen-bond donors (Lipinski definition) is 2. The minimum absolute atomic E-state index is 0.0793. The van der Waals surface area contributed by atoms with Gasteiger partial charge in [0.15, 0.2) is 5.96 Å². The van der Waals surface area contributed by atoms with Crippen LogP contribution in [0, 0.1) is 11.6 Å². The maximum atomic E-state index is 14.2. The number of piperidine rings is 1. The first-order valence-electron chi connectivity index (χ1n) is 9.65. The fourth-order valence-corrected chi connectivity index (χ4v) is 3.51. The van der Waals surface area contributed by atoms with E-state index in [9.17, 15) is 8.78 Å². The van der Waals surface area contributed by atoms with Crippen LogP contribution in [-0.2, 0) is 0 Å². The molecule has 5 nitrogen and oxygen atoms in total. The smallest absolute Gasteiger partial charge is 0.191 e.